The van der Waals surface area contributed by atoms with Crippen molar-refractivity contribution in [1.82, 2.24) is 5.32 Å². The molecule has 0 saturated carbocycles. The third-order valence-corrected chi connectivity index (χ3v) is 4.84. The summed E-state index contributed by atoms with van der Waals surface area (Å²) in [5.41, 5.74) is 1.41. The van der Waals surface area contributed by atoms with Crippen LogP contribution < -0.4 is 5.32 Å². The second-order valence-electron chi connectivity index (χ2n) is 5.25. The molecule has 1 N–H and O–H groups in total. The number of benzene rings is 2. The van der Waals surface area contributed by atoms with Gasteiger partial charge in [0.1, 0.15) is 5.82 Å². The molecule has 0 saturated heterocycles. The first kappa shape index (κ1) is 17.9. The van der Waals surface area contributed by atoms with Crippen molar-refractivity contribution < 1.29 is 17.6 Å². The Morgan fingerprint density at radius 3 is 2.38 bits per heavy atom. The van der Waals surface area contributed by atoms with Crippen molar-refractivity contribution in [2.75, 3.05) is 12.3 Å². The van der Waals surface area contributed by atoms with Gasteiger partial charge in [0.25, 0.3) is 0 Å². The summed E-state index contributed by atoms with van der Waals surface area (Å²) in [6, 6.07) is 14.6. The van der Waals surface area contributed by atoms with Crippen LogP contribution in [0.3, 0.4) is 0 Å². The number of rotatable bonds is 7. The van der Waals surface area contributed by atoms with Gasteiger partial charge in [0.15, 0.2) is 9.84 Å². The van der Waals surface area contributed by atoms with Crippen LogP contribution in [0.2, 0.25) is 0 Å². The van der Waals surface area contributed by atoms with Crippen molar-refractivity contribution in [2.45, 2.75) is 5.75 Å². The predicted molar refractivity (Wildman–Crippen MR) is 92.4 cm³/mol. The van der Waals surface area contributed by atoms with E-state index in [4.69, 9.17) is 0 Å². The summed E-state index contributed by atoms with van der Waals surface area (Å²) in [6.07, 6.45) is 2.82. The number of amides is 1. The molecule has 126 valence electrons. The van der Waals surface area contributed by atoms with Gasteiger partial charge in [-0.25, -0.2) is 12.8 Å². The molecule has 2 aromatic rings. The lowest BCUT2D eigenvalue weighted by molar-refractivity contribution is -0.116. The summed E-state index contributed by atoms with van der Waals surface area (Å²) in [6.45, 7) is 0.0434. The standard InChI is InChI=1S/C18H18FNO3S/c19-17-9-6-15(7-10-17)8-11-18(21)20-12-13-24(22,23)14-16-4-2-1-3-5-16/h1-11H,12-14H2,(H,20,21). The van der Waals surface area contributed by atoms with Crippen LogP contribution in [-0.4, -0.2) is 26.6 Å². The van der Waals surface area contributed by atoms with Crippen LogP contribution in [0.1, 0.15) is 11.1 Å². The van der Waals surface area contributed by atoms with Crippen LogP contribution in [0.15, 0.2) is 60.7 Å². The fraction of sp³-hybridized carbons (Fsp3) is 0.167. The Kier molecular flexibility index (Phi) is 6.26. The van der Waals surface area contributed by atoms with E-state index >= 15 is 0 Å². The first-order valence-electron chi connectivity index (χ1n) is 7.40. The van der Waals surface area contributed by atoms with Gasteiger partial charge in [0, 0.05) is 12.6 Å². The summed E-state index contributed by atoms with van der Waals surface area (Å²) in [7, 11) is -3.28. The second-order valence-corrected chi connectivity index (χ2v) is 7.44. The highest BCUT2D eigenvalue weighted by molar-refractivity contribution is 7.90. The Labute approximate surface area is 140 Å². The van der Waals surface area contributed by atoms with Gasteiger partial charge in [-0.05, 0) is 29.3 Å². The van der Waals surface area contributed by atoms with Gasteiger partial charge in [-0.2, -0.15) is 0 Å². The molecule has 0 radical (unpaired) electrons. The number of hydrogen-bond acceptors (Lipinski definition) is 3. The van der Waals surface area contributed by atoms with Crippen LogP contribution in [0, 0.1) is 5.82 Å². The highest BCUT2D eigenvalue weighted by Crippen LogP contribution is 2.06. The number of halogens is 1. The molecule has 2 rings (SSSR count). The number of carbonyl (C=O) groups is 1. The normalized spacial score (nSPS) is 11.5. The number of hydrogen-bond donors (Lipinski definition) is 1. The van der Waals surface area contributed by atoms with Gasteiger partial charge in [-0.3, -0.25) is 4.79 Å². The van der Waals surface area contributed by atoms with E-state index in [9.17, 15) is 17.6 Å². The third-order valence-electron chi connectivity index (χ3n) is 3.24. The molecule has 2 aromatic carbocycles. The van der Waals surface area contributed by atoms with Crippen molar-refractivity contribution in [3.63, 3.8) is 0 Å². The van der Waals surface area contributed by atoms with Crippen LogP contribution in [0.5, 0.6) is 0 Å². The van der Waals surface area contributed by atoms with Gasteiger partial charge in [-0.15, -0.1) is 0 Å². The van der Waals surface area contributed by atoms with Gasteiger partial charge in [0.05, 0.1) is 11.5 Å². The van der Waals surface area contributed by atoms with E-state index < -0.39 is 15.7 Å². The number of carbonyl (C=O) groups excluding carboxylic acids is 1. The topological polar surface area (TPSA) is 63.2 Å². The number of nitrogens with one attached hydrogen (secondary N) is 1. The maximum absolute atomic E-state index is 12.8. The van der Waals surface area contributed by atoms with E-state index in [0.29, 0.717) is 5.56 Å². The Bertz CT molecular complexity index is 800. The molecule has 1 amide bonds. The molecule has 0 heterocycles. The minimum Gasteiger partial charge on any atom is -0.352 e. The lowest BCUT2D eigenvalue weighted by Crippen LogP contribution is -2.28. The van der Waals surface area contributed by atoms with E-state index in [1.807, 2.05) is 6.07 Å². The van der Waals surface area contributed by atoms with Crippen molar-refractivity contribution in [3.05, 3.63) is 77.6 Å². The van der Waals surface area contributed by atoms with E-state index in [1.165, 1.54) is 24.3 Å². The van der Waals surface area contributed by atoms with Crippen LogP contribution in [-0.2, 0) is 20.4 Å². The van der Waals surface area contributed by atoms with E-state index in [2.05, 4.69) is 5.32 Å². The molecular formula is C18H18FNO3S. The molecule has 0 aromatic heterocycles. The van der Waals surface area contributed by atoms with Crippen LogP contribution >= 0.6 is 0 Å². The summed E-state index contributed by atoms with van der Waals surface area (Å²) < 4.78 is 36.7. The van der Waals surface area contributed by atoms with Gasteiger partial charge in [0.2, 0.25) is 5.91 Å². The first-order chi connectivity index (χ1) is 11.4. The zero-order chi connectivity index (χ0) is 17.4. The molecule has 0 aliphatic heterocycles. The molecule has 0 spiro atoms. The molecule has 0 atom stereocenters. The molecule has 0 bridgehead atoms. The molecule has 0 fully saturated rings. The summed E-state index contributed by atoms with van der Waals surface area (Å²) in [4.78, 5) is 11.7. The van der Waals surface area contributed by atoms with Gasteiger partial charge in [-0.1, -0.05) is 42.5 Å². The quantitative estimate of drug-likeness (QED) is 0.783. The fourth-order valence-electron chi connectivity index (χ4n) is 2.03. The van der Waals surface area contributed by atoms with Crippen molar-refractivity contribution in [3.8, 4) is 0 Å². The molecule has 0 aliphatic carbocycles. The predicted octanol–water partition coefficient (Wildman–Crippen LogP) is 2.57. The average Bonchev–Trinajstić information content (AvgIpc) is 2.54. The zero-order valence-corrected chi connectivity index (χ0v) is 13.8. The van der Waals surface area contributed by atoms with E-state index in [1.54, 1.807) is 36.4 Å². The van der Waals surface area contributed by atoms with Crippen molar-refractivity contribution in [1.29, 1.82) is 0 Å². The molecule has 4 nitrogen and oxygen atoms in total. The van der Waals surface area contributed by atoms with Gasteiger partial charge >= 0.3 is 0 Å². The maximum atomic E-state index is 12.8. The maximum Gasteiger partial charge on any atom is 0.244 e. The average molecular weight is 347 g/mol. The number of sulfone groups is 1. The van der Waals surface area contributed by atoms with E-state index in [0.717, 1.165) is 5.56 Å². The lowest BCUT2D eigenvalue weighted by Gasteiger charge is -2.05. The van der Waals surface area contributed by atoms with Gasteiger partial charge < -0.3 is 5.32 Å². The molecule has 24 heavy (non-hydrogen) atoms. The zero-order valence-electron chi connectivity index (χ0n) is 13.0. The van der Waals surface area contributed by atoms with Crippen molar-refractivity contribution >= 4 is 21.8 Å². The highest BCUT2D eigenvalue weighted by Gasteiger charge is 2.11. The lowest BCUT2D eigenvalue weighted by atomic mass is 10.2. The highest BCUT2D eigenvalue weighted by atomic mass is 32.2. The Hall–Kier alpha value is -2.47. The third kappa shape index (κ3) is 6.34. The second kappa shape index (κ2) is 8.40. The SMILES string of the molecule is O=C(C=Cc1ccc(F)cc1)NCCS(=O)(=O)Cc1ccccc1. The smallest absolute Gasteiger partial charge is 0.244 e. The molecular weight excluding hydrogens is 329 g/mol. The molecule has 0 aliphatic rings. The van der Waals surface area contributed by atoms with E-state index in [-0.39, 0.29) is 23.9 Å². The Morgan fingerprint density at radius 1 is 1.04 bits per heavy atom. The molecule has 6 heteroatoms. The molecule has 0 unspecified atom stereocenters. The van der Waals surface area contributed by atoms with Crippen molar-refractivity contribution in [2.24, 2.45) is 0 Å². The van der Waals surface area contributed by atoms with Crippen LogP contribution in [0.25, 0.3) is 6.08 Å². The summed E-state index contributed by atoms with van der Waals surface area (Å²) >= 11 is 0. The Balaban J connectivity index is 1.78. The summed E-state index contributed by atoms with van der Waals surface area (Å²) in [5.74, 6) is -0.915. The minimum absolute atomic E-state index is 0.0434. The minimum atomic E-state index is -3.28. The summed E-state index contributed by atoms with van der Waals surface area (Å²) in [5, 5.41) is 2.53. The fourth-order valence-corrected chi connectivity index (χ4v) is 3.29. The largest absolute Gasteiger partial charge is 0.352 e. The first-order valence-corrected chi connectivity index (χ1v) is 9.22. The monoisotopic (exact) mass is 347 g/mol. The van der Waals surface area contributed by atoms with Crippen LogP contribution in [0.4, 0.5) is 4.39 Å². The Morgan fingerprint density at radius 2 is 1.71 bits per heavy atom.